The number of benzene rings is 2. The van der Waals surface area contributed by atoms with Crippen LogP contribution in [-0.4, -0.2) is 42.6 Å². The molecular formula is C23H25N3O3S. The largest absolute Gasteiger partial charge is 0.493 e. The van der Waals surface area contributed by atoms with Crippen LogP contribution >= 0.6 is 11.8 Å². The molecule has 6 nitrogen and oxygen atoms in total. The topological polar surface area (TPSA) is 73.3 Å². The molecule has 1 aromatic heterocycles. The number of nitrogens with one attached hydrogen (secondary N) is 1. The number of carbonyl (C=O) groups excluding carboxylic acids is 1. The zero-order chi connectivity index (χ0) is 21.3. The zero-order valence-corrected chi connectivity index (χ0v) is 18.2. The minimum Gasteiger partial charge on any atom is -0.493 e. The summed E-state index contributed by atoms with van der Waals surface area (Å²) in [5.74, 6) is 1.63. The van der Waals surface area contributed by atoms with E-state index in [0.29, 0.717) is 30.2 Å². The predicted molar refractivity (Wildman–Crippen MR) is 119 cm³/mol. The molecule has 0 fully saturated rings. The van der Waals surface area contributed by atoms with Crippen LogP contribution in [0, 0.1) is 6.92 Å². The Labute approximate surface area is 181 Å². The molecule has 0 aliphatic rings. The van der Waals surface area contributed by atoms with Gasteiger partial charge in [0.05, 0.1) is 25.7 Å². The van der Waals surface area contributed by atoms with Gasteiger partial charge in [-0.1, -0.05) is 47.7 Å². The van der Waals surface area contributed by atoms with E-state index in [1.807, 2.05) is 61.5 Å². The summed E-state index contributed by atoms with van der Waals surface area (Å²) >= 11 is 1.37. The third kappa shape index (κ3) is 5.97. The van der Waals surface area contributed by atoms with Crippen LogP contribution in [0.15, 0.2) is 59.6 Å². The summed E-state index contributed by atoms with van der Waals surface area (Å²) in [7, 11) is 3.21. The first-order valence-electron chi connectivity index (χ1n) is 9.60. The normalized spacial score (nSPS) is 10.5. The number of hydrogen-bond donors (Lipinski definition) is 1. The highest BCUT2D eigenvalue weighted by molar-refractivity contribution is 7.99. The van der Waals surface area contributed by atoms with Crippen molar-refractivity contribution in [2.24, 2.45) is 0 Å². The summed E-state index contributed by atoms with van der Waals surface area (Å²) in [6, 6.07) is 17.7. The van der Waals surface area contributed by atoms with Crippen LogP contribution in [-0.2, 0) is 11.2 Å². The van der Waals surface area contributed by atoms with Gasteiger partial charge in [0.2, 0.25) is 5.91 Å². The van der Waals surface area contributed by atoms with Gasteiger partial charge in [0.25, 0.3) is 0 Å². The van der Waals surface area contributed by atoms with Crippen molar-refractivity contribution < 1.29 is 14.3 Å². The quantitative estimate of drug-likeness (QED) is 0.526. The molecule has 0 aliphatic heterocycles. The molecule has 0 saturated heterocycles. The average Bonchev–Trinajstić information content (AvgIpc) is 2.78. The molecule has 0 unspecified atom stereocenters. The minimum atomic E-state index is -0.0371. The molecule has 0 saturated carbocycles. The lowest BCUT2D eigenvalue weighted by molar-refractivity contribution is -0.118. The van der Waals surface area contributed by atoms with Crippen LogP contribution < -0.4 is 14.8 Å². The van der Waals surface area contributed by atoms with Crippen molar-refractivity contribution in [3.8, 4) is 22.8 Å². The second kappa shape index (κ2) is 10.6. The molecule has 0 aliphatic carbocycles. The van der Waals surface area contributed by atoms with Gasteiger partial charge in [-0.3, -0.25) is 4.79 Å². The maximum absolute atomic E-state index is 12.1. The first-order valence-corrected chi connectivity index (χ1v) is 10.6. The van der Waals surface area contributed by atoms with Crippen molar-refractivity contribution in [2.75, 3.05) is 26.5 Å². The Bertz CT molecular complexity index is 976. The van der Waals surface area contributed by atoms with Crippen LogP contribution in [0.4, 0.5) is 0 Å². The van der Waals surface area contributed by atoms with E-state index in [2.05, 4.69) is 15.5 Å². The fraction of sp³-hybridized carbons (Fsp3) is 0.261. The first-order chi connectivity index (χ1) is 14.6. The molecule has 3 rings (SSSR count). The number of hydrogen-bond acceptors (Lipinski definition) is 6. The highest BCUT2D eigenvalue weighted by Crippen LogP contribution is 2.27. The van der Waals surface area contributed by atoms with Gasteiger partial charge in [0, 0.05) is 12.1 Å². The highest BCUT2D eigenvalue weighted by atomic mass is 32.2. The number of carbonyl (C=O) groups is 1. The molecule has 1 amide bonds. The van der Waals surface area contributed by atoms with Gasteiger partial charge >= 0.3 is 0 Å². The highest BCUT2D eigenvalue weighted by Gasteiger charge is 2.07. The number of nitrogens with zero attached hydrogens (tertiary/aromatic N) is 2. The smallest absolute Gasteiger partial charge is 0.230 e. The van der Waals surface area contributed by atoms with Crippen LogP contribution in [0.25, 0.3) is 11.3 Å². The van der Waals surface area contributed by atoms with Gasteiger partial charge in [-0.05, 0) is 43.2 Å². The lowest BCUT2D eigenvalue weighted by Crippen LogP contribution is -2.27. The Morgan fingerprint density at radius 1 is 0.967 bits per heavy atom. The Hall–Kier alpha value is -3.06. The summed E-state index contributed by atoms with van der Waals surface area (Å²) in [5.41, 5.74) is 4.12. The molecule has 1 N–H and O–H groups in total. The maximum atomic E-state index is 12.1. The van der Waals surface area contributed by atoms with Crippen molar-refractivity contribution in [3.63, 3.8) is 0 Å². The maximum Gasteiger partial charge on any atom is 0.230 e. The molecule has 1 heterocycles. The minimum absolute atomic E-state index is 0.0371. The SMILES string of the molecule is COc1ccc(CCNC(=O)CSc2ccc(-c3ccc(C)cc3)nn2)cc1OC. The molecule has 0 bridgehead atoms. The number of methoxy groups -OCH3 is 2. The van der Waals surface area contributed by atoms with Crippen molar-refractivity contribution in [3.05, 3.63) is 65.7 Å². The van der Waals surface area contributed by atoms with E-state index in [1.54, 1.807) is 14.2 Å². The average molecular weight is 424 g/mol. The van der Waals surface area contributed by atoms with Crippen molar-refractivity contribution in [2.45, 2.75) is 18.4 Å². The first kappa shape index (κ1) is 21.6. The van der Waals surface area contributed by atoms with E-state index in [4.69, 9.17) is 9.47 Å². The number of rotatable bonds is 9. The Kier molecular flexibility index (Phi) is 7.68. The zero-order valence-electron chi connectivity index (χ0n) is 17.3. The molecular weight excluding hydrogens is 398 g/mol. The lowest BCUT2D eigenvalue weighted by Gasteiger charge is -2.10. The second-order valence-electron chi connectivity index (χ2n) is 6.70. The van der Waals surface area contributed by atoms with Gasteiger partial charge in [-0.2, -0.15) is 0 Å². The number of aromatic nitrogens is 2. The van der Waals surface area contributed by atoms with Crippen molar-refractivity contribution >= 4 is 17.7 Å². The molecule has 7 heteroatoms. The molecule has 3 aromatic rings. The lowest BCUT2D eigenvalue weighted by atomic mass is 10.1. The van der Waals surface area contributed by atoms with E-state index in [-0.39, 0.29) is 5.91 Å². The van der Waals surface area contributed by atoms with Gasteiger partial charge < -0.3 is 14.8 Å². The third-order valence-electron chi connectivity index (χ3n) is 4.52. The predicted octanol–water partition coefficient (Wildman–Crippen LogP) is 3.92. The molecule has 30 heavy (non-hydrogen) atoms. The number of amides is 1. The van der Waals surface area contributed by atoms with Crippen LogP contribution in [0.3, 0.4) is 0 Å². The molecule has 0 radical (unpaired) electrons. The second-order valence-corrected chi connectivity index (χ2v) is 7.70. The summed E-state index contributed by atoms with van der Waals surface area (Å²) in [4.78, 5) is 12.1. The van der Waals surface area contributed by atoms with Gasteiger partial charge in [-0.25, -0.2) is 0 Å². The summed E-state index contributed by atoms with van der Waals surface area (Å²) in [6.07, 6.45) is 0.710. The fourth-order valence-corrected chi connectivity index (χ4v) is 3.49. The Balaban J connectivity index is 1.44. The van der Waals surface area contributed by atoms with Gasteiger partial charge in [-0.15, -0.1) is 10.2 Å². The van der Waals surface area contributed by atoms with E-state index in [9.17, 15) is 4.79 Å². The molecule has 2 aromatic carbocycles. The van der Waals surface area contributed by atoms with E-state index >= 15 is 0 Å². The standard InChI is InChI=1S/C23H25N3O3S/c1-16-4-7-18(8-5-16)19-9-11-23(26-25-19)30-15-22(27)24-13-12-17-6-10-20(28-2)21(14-17)29-3/h4-11,14H,12-13,15H2,1-3H3,(H,24,27). The number of aryl methyl sites for hydroxylation is 1. The number of thioether (sulfide) groups is 1. The number of ether oxygens (including phenoxy) is 2. The van der Waals surface area contributed by atoms with Crippen molar-refractivity contribution in [1.82, 2.24) is 15.5 Å². The summed E-state index contributed by atoms with van der Waals surface area (Å²) in [5, 5.41) is 12.1. The van der Waals surface area contributed by atoms with E-state index < -0.39 is 0 Å². The van der Waals surface area contributed by atoms with Gasteiger partial charge in [0.1, 0.15) is 5.03 Å². The summed E-state index contributed by atoms with van der Waals surface area (Å²) in [6.45, 7) is 2.60. The monoisotopic (exact) mass is 423 g/mol. The van der Waals surface area contributed by atoms with Gasteiger partial charge in [0.15, 0.2) is 11.5 Å². The molecule has 0 atom stereocenters. The van der Waals surface area contributed by atoms with Crippen LogP contribution in [0.1, 0.15) is 11.1 Å². The van der Waals surface area contributed by atoms with E-state index in [1.165, 1.54) is 17.3 Å². The summed E-state index contributed by atoms with van der Waals surface area (Å²) < 4.78 is 10.5. The van der Waals surface area contributed by atoms with Crippen LogP contribution in [0.2, 0.25) is 0 Å². The molecule has 156 valence electrons. The Morgan fingerprint density at radius 3 is 2.40 bits per heavy atom. The van der Waals surface area contributed by atoms with Crippen LogP contribution in [0.5, 0.6) is 11.5 Å². The Morgan fingerprint density at radius 2 is 1.73 bits per heavy atom. The molecule has 0 spiro atoms. The van der Waals surface area contributed by atoms with E-state index in [0.717, 1.165) is 21.8 Å². The fourth-order valence-electron chi connectivity index (χ4n) is 2.85. The van der Waals surface area contributed by atoms with Crippen molar-refractivity contribution in [1.29, 1.82) is 0 Å². The third-order valence-corrected chi connectivity index (χ3v) is 5.44.